The van der Waals surface area contributed by atoms with Gasteiger partial charge in [0, 0.05) is 11.1 Å². The van der Waals surface area contributed by atoms with Crippen LogP contribution in [0.3, 0.4) is 0 Å². The van der Waals surface area contributed by atoms with Gasteiger partial charge in [-0.2, -0.15) is 5.10 Å². The number of nitrogens with zero attached hydrogens (tertiary/aromatic N) is 3. The van der Waals surface area contributed by atoms with Crippen molar-refractivity contribution in [2.75, 3.05) is 25.5 Å². The lowest BCUT2D eigenvalue weighted by atomic mass is 9.91. The standard InChI is InChI=1S/C24H28N4O2/c1-27-14-12-19(13-15-27)7-6-18-8-10-21(11-9-18)26-23(29)17-28-24(30)22-5-3-2-4-20(22)16-25-28/h2-5,8-11,16,19H,6-7,12-15,17H2,1H3,(H,26,29). The Morgan fingerprint density at radius 3 is 2.60 bits per heavy atom. The second-order valence-electron chi connectivity index (χ2n) is 8.23. The maximum atomic E-state index is 12.5. The van der Waals surface area contributed by atoms with Gasteiger partial charge in [-0.25, -0.2) is 4.68 Å². The summed E-state index contributed by atoms with van der Waals surface area (Å²) in [6.07, 6.45) is 6.47. The van der Waals surface area contributed by atoms with Crippen LogP contribution in [0.2, 0.25) is 0 Å². The van der Waals surface area contributed by atoms with E-state index in [0.717, 1.165) is 23.4 Å². The number of fused-ring (bicyclic) bond motifs is 1. The summed E-state index contributed by atoms with van der Waals surface area (Å²) < 4.78 is 1.20. The molecule has 2 heterocycles. The molecule has 2 aromatic carbocycles. The van der Waals surface area contributed by atoms with E-state index in [2.05, 4.69) is 34.5 Å². The maximum Gasteiger partial charge on any atom is 0.275 e. The van der Waals surface area contributed by atoms with Crippen LogP contribution in [0.1, 0.15) is 24.8 Å². The van der Waals surface area contributed by atoms with E-state index in [4.69, 9.17) is 0 Å². The number of piperidine rings is 1. The fourth-order valence-corrected chi connectivity index (χ4v) is 4.05. The van der Waals surface area contributed by atoms with E-state index in [0.29, 0.717) is 5.39 Å². The molecule has 3 aromatic rings. The van der Waals surface area contributed by atoms with Crippen molar-refractivity contribution < 1.29 is 4.79 Å². The molecule has 0 saturated carbocycles. The topological polar surface area (TPSA) is 67.2 Å². The summed E-state index contributed by atoms with van der Waals surface area (Å²) in [4.78, 5) is 27.3. The number of nitrogens with one attached hydrogen (secondary N) is 1. The van der Waals surface area contributed by atoms with Crippen molar-refractivity contribution in [3.05, 3.63) is 70.6 Å². The summed E-state index contributed by atoms with van der Waals surface area (Å²) in [6, 6.07) is 15.3. The van der Waals surface area contributed by atoms with Crippen molar-refractivity contribution in [3.63, 3.8) is 0 Å². The maximum absolute atomic E-state index is 12.5. The molecule has 1 fully saturated rings. The number of aryl methyl sites for hydroxylation is 1. The summed E-state index contributed by atoms with van der Waals surface area (Å²) in [7, 11) is 2.19. The molecule has 1 amide bonds. The summed E-state index contributed by atoms with van der Waals surface area (Å²) in [5, 5.41) is 8.31. The van der Waals surface area contributed by atoms with Gasteiger partial charge in [-0.15, -0.1) is 0 Å². The van der Waals surface area contributed by atoms with E-state index in [1.165, 1.54) is 42.6 Å². The molecule has 1 N–H and O–H groups in total. The van der Waals surface area contributed by atoms with Gasteiger partial charge in [-0.05, 0) is 75.5 Å². The number of anilines is 1. The van der Waals surface area contributed by atoms with Gasteiger partial charge in [0.1, 0.15) is 6.54 Å². The molecular formula is C24H28N4O2. The Balaban J connectivity index is 1.31. The largest absolute Gasteiger partial charge is 0.324 e. The minimum atomic E-state index is -0.265. The van der Waals surface area contributed by atoms with Gasteiger partial charge in [0.15, 0.2) is 0 Å². The smallest absolute Gasteiger partial charge is 0.275 e. The first-order chi connectivity index (χ1) is 14.6. The monoisotopic (exact) mass is 404 g/mol. The molecule has 1 aromatic heterocycles. The normalized spacial score (nSPS) is 15.4. The minimum absolute atomic E-state index is 0.110. The molecule has 1 aliphatic heterocycles. The number of benzene rings is 2. The zero-order valence-electron chi connectivity index (χ0n) is 17.4. The minimum Gasteiger partial charge on any atom is -0.324 e. The number of likely N-dealkylation sites (tertiary alicyclic amines) is 1. The average molecular weight is 405 g/mol. The number of hydrogen-bond acceptors (Lipinski definition) is 4. The highest BCUT2D eigenvalue weighted by Crippen LogP contribution is 2.22. The SMILES string of the molecule is CN1CCC(CCc2ccc(NC(=O)Cn3ncc4ccccc4c3=O)cc2)CC1. The fraction of sp³-hybridized carbons (Fsp3) is 0.375. The second-order valence-corrected chi connectivity index (χ2v) is 8.23. The van der Waals surface area contributed by atoms with Crippen molar-refractivity contribution in [1.29, 1.82) is 0 Å². The van der Waals surface area contributed by atoms with Crippen LogP contribution in [0, 0.1) is 5.92 Å². The Kier molecular flexibility index (Phi) is 6.23. The molecule has 1 saturated heterocycles. The van der Waals surface area contributed by atoms with Crippen LogP contribution < -0.4 is 10.9 Å². The highest BCUT2D eigenvalue weighted by molar-refractivity contribution is 5.90. The molecule has 1 aliphatic rings. The van der Waals surface area contributed by atoms with Gasteiger partial charge < -0.3 is 10.2 Å². The number of aromatic nitrogens is 2. The molecule has 30 heavy (non-hydrogen) atoms. The molecule has 156 valence electrons. The summed E-state index contributed by atoms with van der Waals surface area (Å²) in [5.41, 5.74) is 1.77. The number of amides is 1. The summed E-state index contributed by atoms with van der Waals surface area (Å²) in [5.74, 6) is 0.548. The molecule has 0 radical (unpaired) electrons. The van der Waals surface area contributed by atoms with Crippen molar-refractivity contribution in [2.45, 2.75) is 32.2 Å². The lowest BCUT2D eigenvalue weighted by Gasteiger charge is -2.28. The lowest BCUT2D eigenvalue weighted by molar-refractivity contribution is -0.117. The lowest BCUT2D eigenvalue weighted by Crippen LogP contribution is -2.30. The van der Waals surface area contributed by atoms with Crippen LogP contribution in [-0.4, -0.2) is 40.7 Å². The first-order valence-electron chi connectivity index (χ1n) is 10.6. The quantitative estimate of drug-likeness (QED) is 0.685. The Hall–Kier alpha value is -2.99. The molecule has 6 heteroatoms. The highest BCUT2D eigenvalue weighted by atomic mass is 16.2. The zero-order chi connectivity index (χ0) is 20.9. The molecule has 0 atom stereocenters. The third-order valence-corrected chi connectivity index (χ3v) is 5.97. The molecule has 0 aliphatic carbocycles. The van der Waals surface area contributed by atoms with Crippen molar-refractivity contribution in [1.82, 2.24) is 14.7 Å². The van der Waals surface area contributed by atoms with Crippen LogP contribution in [0.4, 0.5) is 5.69 Å². The van der Waals surface area contributed by atoms with Gasteiger partial charge in [0.2, 0.25) is 5.91 Å². The Morgan fingerprint density at radius 1 is 1.10 bits per heavy atom. The van der Waals surface area contributed by atoms with E-state index in [1.54, 1.807) is 12.3 Å². The van der Waals surface area contributed by atoms with Crippen LogP contribution in [-0.2, 0) is 17.8 Å². The Labute approximate surface area is 176 Å². The van der Waals surface area contributed by atoms with E-state index in [9.17, 15) is 9.59 Å². The third-order valence-electron chi connectivity index (χ3n) is 5.97. The van der Waals surface area contributed by atoms with Crippen LogP contribution >= 0.6 is 0 Å². The molecule has 0 spiro atoms. The van der Waals surface area contributed by atoms with Crippen molar-refractivity contribution in [2.24, 2.45) is 5.92 Å². The van der Waals surface area contributed by atoms with Crippen LogP contribution in [0.25, 0.3) is 10.8 Å². The summed E-state index contributed by atoms with van der Waals surface area (Å²) >= 11 is 0. The first kappa shape index (κ1) is 20.3. The number of carbonyl (C=O) groups is 1. The molecule has 6 nitrogen and oxygen atoms in total. The zero-order valence-corrected chi connectivity index (χ0v) is 17.4. The number of rotatable bonds is 6. The van der Waals surface area contributed by atoms with E-state index in [-0.39, 0.29) is 18.0 Å². The van der Waals surface area contributed by atoms with Crippen LogP contribution in [0.5, 0.6) is 0 Å². The van der Waals surface area contributed by atoms with Crippen LogP contribution in [0.15, 0.2) is 59.5 Å². The van der Waals surface area contributed by atoms with Crippen molar-refractivity contribution in [3.8, 4) is 0 Å². The second kappa shape index (κ2) is 9.22. The van der Waals surface area contributed by atoms with E-state index in [1.807, 2.05) is 30.3 Å². The third kappa shape index (κ3) is 4.94. The highest BCUT2D eigenvalue weighted by Gasteiger charge is 2.16. The van der Waals surface area contributed by atoms with Gasteiger partial charge in [-0.3, -0.25) is 9.59 Å². The van der Waals surface area contributed by atoms with Gasteiger partial charge in [0.25, 0.3) is 5.56 Å². The summed E-state index contributed by atoms with van der Waals surface area (Å²) in [6.45, 7) is 2.29. The average Bonchev–Trinajstić information content (AvgIpc) is 2.76. The predicted molar refractivity (Wildman–Crippen MR) is 120 cm³/mol. The molecular weight excluding hydrogens is 376 g/mol. The van der Waals surface area contributed by atoms with Gasteiger partial charge >= 0.3 is 0 Å². The van der Waals surface area contributed by atoms with E-state index >= 15 is 0 Å². The Bertz CT molecular complexity index is 1070. The number of carbonyl (C=O) groups excluding carboxylic acids is 1. The number of hydrogen-bond donors (Lipinski definition) is 1. The van der Waals surface area contributed by atoms with E-state index < -0.39 is 0 Å². The Morgan fingerprint density at radius 2 is 1.83 bits per heavy atom. The predicted octanol–water partition coefficient (Wildman–Crippen LogP) is 3.31. The van der Waals surface area contributed by atoms with Crippen molar-refractivity contribution >= 4 is 22.4 Å². The fourth-order valence-electron chi connectivity index (χ4n) is 4.05. The first-order valence-corrected chi connectivity index (χ1v) is 10.6. The van der Waals surface area contributed by atoms with Gasteiger partial charge in [-0.1, -0.05) is 30.3 Å². The molecule has 0 bridgehead atoms. The molecule has 0 unspecified atom stereocenters. The van der Waals surface area contributed by atoms with Gasteiger partial charge in [0.05, 0.1) is 11.6 Å². The molecule has 4 rings (SSSR count).